The number of allylic oxidation sites excluding steroid dienone is 1. The Morgan fingerprint density at radius 2 is 2.19 bits per heavy atom. The van der Waals surface area contributed by atoms with Gasteiger partial charge in [-0.25, -0.2) is 0 Å². The van der Waals surface area contributed by atoms with Gasteiger partial charge in [-0.3, -0.25) is 0 Å². The van der Waals surface area contributed by atoms with E-state index in [1.54, 1.807) is 0 Å². The Bertz CT molecular complexity index is 205. The van der Waals surface area contributed by atoms with E-state index in [4.69, 9.17) is 0 Å². The molecule has 1 aliphatic rings. The Kier molecular flexibility index (Phi) is 6.52. The van der Waals surface area contributed by atoms with Gasteiger partial charge in [0, 0.05) is 17.3 Å². The molecule has 0 amide bonds. The molecule has 94 valence electrons. The lowest BCUT2D eigenvalue weighted by Gasteiger charge is -2.32. The molecule has 0 spiro atoms. The summed E-state index contributed by atoms with van der Waals surface area (Å²) in [5.74, 6) is 0.701. The number of nitrogens with one attached hydrogen (secondary N) is 1. The van der Waals surface area contributed by atoms with Crippen LogP contribution in [0.4, 0.5) is 0 Å². The van der Waals surface area contributed by atoms with E-state index in [9.17, 15) is 0 Å². The summed E-state index contributed by atoms with van der Waals surface area (Å²) in [4.78, 5) is 0. The Morgan fingerprint density at radius 3 is 2.81 bits per heavy atom. The Hall–Kier alpha value is 0.0500. The lowest BCUT2D eigenvalue weighted by atomic mass is 9.92. The van der Waals surface area contributed by atoms with E-state index in [1.807, 2.05) is 17.8 Å². The highest BCUT2D eigenvalue weighted by atomic mass is 32.2. The minimum atomic E-state index is 0.614. The molecule has 1 N–H and O–H groups in total. The van der Waals surface area contributed by atoms with Crippen molar-refractivity contribution < 1.29 is 0 Å². The predicted molar refractivity (Wildman–Crippen MR) is 76.1 cm³/mol. The van der Waals surface area contributed by atoms with E-state index in [-0.39, 0.29) is 0 Å². The lowest BCUT2D eigenvalue weighted by molar-refractivity contribution is 0.305. The van der Waals surface area contributed by atoms with Gasteiger partial charge in [0.2, 0.25) is 0 Å². The first-order chi connectivity index (χ1) is 7.67. The molecule has 0 heterocycles. The zero-order valence-electron chi connectivity index (χ0n) is 11.0. The minimum Gasteiger partial charge on any atom is -0.311 e. The van der Waals surface area contributed by atoms with E-state index >= 15 is 0 Å². The van der Waals surface area contributed by atoms with E-state index < -0.39 is 0 Å². The summed E-state index contributed by atoms with van der Waals surface area (Å²) >= 11 is 2.04. The van der Waals surface area contributed by atoms with Crippen LogP contribution in [0.5, 0.6) is 0 Å². The fourth-order valence-electron chi connectivity index (χ4n) is 2.51. The van der Waals surface area contributed by atoms with Gasteiger partial charge in [-0.15, -0.1) is 6.58 Å². The van der Waals surface area contributed by atoms with Crippen molar-refractivity contribution in [2.45, 2.75) is 63.3 Å². The van der Waals surface area contributed by atoms with Gasteiger partial charge in [-0.05, 0) is 44.8 Å². The summed E-state index contributed by atoms with van der Waals surface area (Å²) in [6.07, 6.45) is 10.9. The van der Waals surface area contributed by atoms with Crippen molar-refractivity contribution in [3.05, 3.63) is 12.7 Å². The highest BCUT2D eigenvalue weighted by Crippen LogP contribution is 2.27. The third kappa shape index (κ3) is 4.50. The molecule has 1 rings (SSSR count). The number of rotatable bonds is 6. The second-order valence-corrected chi connectivity index (χ2v) is 6.32. The Balaban J connectivity index is 2.32. The van der Waals surface area contributed by atoms with Crippen LogP contribution in [0.2, 0.25) is 0 Å². The van der Waals surface area contributed by atoms with Crippen molar-refractivity contribution >= 4 is 11.8 Å². The maximum atomic E-state index is 3.82. The van der Waals surface area contributed by atoms with E-state index in [0.29, 0.717) is 12.0 Å². The quantitative estimate of drug-likeness (QED) is 0.709. The SMILES string of the molecule is C=CCC(C)C(C)NC1CCCC(SC)C1. The van der Waals surface area contributed by atoms with Gasteiger partial charge in [-0.2, -0.15) is 11.8 Å². The fraction of sp³-hybridized carbons (Fsp3) is 0.857. The highest BCUT2D eigenvalue weighted by molar-refractivity contribution is 7.99. The molecule has 1 aliphatic carbocycles. The van der Waals surface area contributed by atoms with Crippen LogP contribution in [-0.4, -0.2) is 23.6 Å². The molecule has 0 aromatic carbocycles. The smallest absolute Gasteiger partial charge is 0.00801 e. The molecule has 0 aromatic rings. The van der Waals surface area contributed by atoms with Crippen molar-refractivity contribution in [2.24, 2.45) is 5.92 Å². The number of hydrogen-bond acceptors (Lipinski definition) is 2. The van der Waals surface area contributed by atoms with E-state index in [1.165, 1.54) is 25.7 Å². The normalized spacial score (nSPS) is 29.7. The van der Waals surface area contributed by atoms with Crippen molar-refractivity contribution in [1.29, 1.82) is 0 Å². The van der Waals surface area contributed by atoms with Crippen molar-refractivity contribution in [1.82, 2.24) is 5.32 Å². The largest absolute Gasteiger partial charge is 0.311 e. The van der Waals surface area contributed by atoms with Crippen LogP contribution >= 0.6 is 11.8 Å². The van der Waals surface area contributed by atoms with Gasteiger partial charge in [-0.1, -0.05) is 19.4 Å². The van der Waals surface area contributed by atoms with Crippen LogP contribution in [0.1, 0.15) is 46.0 Å². The van der Waals surface area contributed by atoms with Gasteiger partial charge in [0.1, 0.15) is 0 Å². The summed E-state index contributed by atoms with van der Waals surface area (Å²) in [7, 11) is 0. The molecule has 4 unspecified atom stereocenters. The summed E-state index contributed by atoms with van der Waals surface area (Å²) in [6, 6.07) is 1.36. The summed E-state index contributed by atoms with van der Waals surface area (Å²) in [6.45, 7) is 8.45. The molecule has 4 atom stereocenters. The zero-order valence-corrected chi connectivity index (χ0v) is 11.9. The van der Waals surface area contributed by atoms with E-state index in [2.05, 4.69) is 32.0 Å². The monoisotopic (exact) mass is 241 g/mol. The molecule has 0 bridgehead atoms. The summed E-state index contributed by atoms with van der Waals surface area (Å²) in [5, 5.41) is 4.69. The summed E-state index contributed by atoms with van der Waals surface area (Å²) in [5.41, 5.74) is 0. The predicted octanol–water partition coefficient (Wildman–Crippen LogP) is 3.85. The van der Waals surface area contributed by atoms with Crippen molar-refractivity contribution in [2.75, 3.05) is 6.26 Å². The molecule has 0 aliphatic heterocycles. The highest BCUT2D eigenvalue weighted by Gasteiger charge is 2.23. The standard InChI is InChI=1S/C14H27NS/c1-5-7-11(2)12(3)15-13-8-6-9-14(10-13)16-4/h5,11-15H,1,6-10H2,2-4H3. The first-order valence-electron chi connectivity index (χ1n) is 6.57. The molecule has 0 aromatic heterocycles. The minimum absolute atomic E-state index is 0.614. The molecule has 2 heteroatoms. The van der Waals surface area contributed by atoms with Crippen LogP contribution < -0.4 is 5.32 Å². The maximum absolute atomic E-state index is 3.82. The number of hydrogen-bond donors (Lipinski definition) is 1. The topological polar surface area (TPSA) is 12.0 Å². The van der Waals surface area contributed by atoms with Gasteiger partial charge < -0.3 is 5.32 Å². The molecular weight excluding hydrogens is 214 g/mol. The fourth-order valence-corrected chi connectivity index (χ4v) is 3.34. The zero-order chi connectivity index (χ0) is 12.0. The third-order valence-corrected chi connectivity index (χ3v) is 4.94. The Morgan fingerprint density at radius 1 is 1.44 bits per heavy atom. The second kappa shape index (κ2) is 7.39. The first kappa shape index (κ1) is 14.1. The van der Waals surface area contributed by atoms with Gasteiger partial charge in [0.15, 0.2) is 0 Å². The third-order valence-electron chi connectivity index (χ3n) is 3.85. The summed E-state index contributed by atoms with van der Waals surface area (Å²) < 4.78 is 0. The molecular formula is C14H27NS. The van der Waals surface area contributed by atoms with Crippen LogP contribution in [0, 0.1) is 5.92 Å². The lowest BCUT2D eigenvalue weighted by Crippen LogP contribution is -2.43. The first-order valence-corrected chi connectivity index (χ1v) is 7.85. The molecule has 0 saturated heterocycles. The molecule has 16 heavy (non-hydrogen) atoms. The molecule has 0 radical (unpaired) electrons. The molecule has 1 fully saturated rings. The molecule has 1 nitrogen and oxygen atoms in total. The van der Waals surface area contributed by atoms with Crippen molar-refractivity contribution in [3.63, 3.8) is 0 Å². The average Bonchev–Trinajstić information content (AvgIpc) is 2.29. The average molecular weight is 241 g/mol. The number of thioether (sulfide) groups is 1. The van der Waals surface area contributed by atoms with Crippen LogP contribution in [0.15, 0.2) is 12.7 Å². The second-order valence-electron chi connectivity index (χ2n) is 5.18. The molecule has 1 saturated carbocycles. The van der Waals surface area contributed by atoms with Crippen LogP contribution in [-0.2, 0) is 0 Å². The van der Waals surface area contributed by atoms with Crippen LogP contribution in [0.25, 0.3) is 0 Å². The van der Waals surface area contributed by atoms with Gasteiger partial charge in [0.05, 0.1) is 0 Å². The maximum Gasteiger partial charge on any atom is 0.00801 e. The van der Waals surface area contributed by atoms with Gasteiger partial charge in [0.25, 0.3) is 0 Å². The Labute approximate surface area is 105 Å². The van der Waals surface area contributed by atoms with E-state index in [0.717, 1.165) is 17.7 Å². The van der Waals surface area contributed by atoms with Crippen LogP contribution in [0.3, 0.4) is 0 Å². The van der Waals surface area contributed by atoms with Crippen molar-refractivity contribution in [3.8, 4) is 0 Å². The van der Waals surface area contributed by atoms with Gasteiger partial charge >= 0.3 is 0 Å².